The molecule has 2 unspecified atom stereocenters. The fourth-order valence-corrected chi connectivity index (χ4v) is 2.40. The molecular weight excluding hydrogens is 286 g/mol. The lowest BCUT2D eigenvalue weighted by Crippen LogP contribution is -2.34. The van der Waals surface area contributed by atoms with Crippen molar-refractivity contribution >= 4 is 34.0 Å². The first kappa shape index (κ1) is 15.9. The van der Waals surface area contributed by atoms with Crippen molar-refractivity contribution in [1.29, 1.82) is 0 Å². The summed E-state index contributed by atoms with van der Waals surface area (Å²) in [4.78, 5) is 12.1. The van der Waals surface area contributed by atoms with Gasteiger partial charge in [-0.05, 0) is 31.5 Å². The van der Waals surface area contributed by atoms with Crippen LogP contribution in [0.5, 0.6) is 0 Å². The van der Waals surface area contributed by atoms with Gasteiger partial charge in [0.1, 0.15) is 0 Å². The largest absolute Gasteiger partial charge is 0.349 e. The van der Waals surface area contributed by atoms with E-state index in [1.807, 2.05) is 6.92 Å². The Kier molecular flexibility index (Phi) is 6.27. The Balaban J connectivity index is 2.72. The Bertz CT molecular complexity index is 482. The number of halogens is 1. The van der Waals surface area contributed by atoms with Crippen LogP contribution in [0, 0.1) is 0 Å². The predicted octanol–water partition coefficient (Wildman–Crippen LogP) is 1.51. The van der Waals surface area contributed by atoms with E-state index in [-0.39, 0.29) is 11.9 Å². The minimum atomic E-state index is -0.860. The lowest BCUT2D eigenvalue weighted by molar-refractivity contribution is 0.0940. The summed E-state index contributed by atoms with van der Waals surface area (Å²) in [5.74, 6) is 5.65. The molecule has 106 valence electrons. The lowest BCUT2D eigenvalue weighted by atomic mass is 10.1. The standard InChI is InChI=1S/C12H18ClN3O2S/c1-8(5-6-19(2)18)15-12(17)10-7-9(13)3-4-11(10)16-14/h3-4,7-8,16H,5-6,14H2,1-2H3,(H,15,17). The van der Waals surface area contributed by atoms with Gasteiger partial charge in [0.2, 0.25) is 0 Å². The molecule has 0 radical (unpaired) electrons. The van der Waals surface area contributed by atoms with Gasteiger partial charge in [0, 0.05) is 33.9 Å². The Labute approximate surface area is 120 Å². The summed E-state index contributed by atoms with van der Waals surface area (Å²) in [5, 5.41) is 3.29. The molecule has 0 bridgehead atoms. The number of nitrogens with two attached hydrogens (primary N) is 1. The maximum absolute atomic E-state index is 12.1. The fourth-order valence-electron chi connectivity index (χ4n) is 1.55. The van der Waals surface area contributed by atoms with Crippen molar-refractivity contribution in [3.8, 4) is 0 Å². The third-order valence-electron chi connectivity index (χ3n) is 2.60. The number of nitrogen functional groups attached to an aromatic ring is 1. The van der Waals surface area contributed by atoms with Gasteiger partial charge in [0.25, 0.3) is 5.91 Å². The zero-order chi connectivity index (χ0) is 14.4. The SMILES string of the molecule is CC(CCS(C)=O)NC(=O)c1cc(Cl)ccc1NN. The lowest BCUT2D eigenvalue weighted by Gasteiger charge is -2.15. The van der Waals surface area contributed by atoms with Gasteiger partial charge in [-0.25, -0.2) is 0 Å². The van der Waals surface area contributed by atoms with Crippen LogP contribution in [0.2, 0.25) is 5.02 Å². The van der Waals surface area contributed by atoms with Crippen LogP contribution >= 0.6 is 11.6 Å². The van der Waals surface area contributed by atoms with Crippen molar-refractivity contribution in [3.63, 3.8) is 0 Å². The van der Waals surface area contributed by atoms with Crippen LogP contribution in [-0.2, 0) is 10.8 Å². The molecule has 0 saturated heterocycles. The van der Waals surface area contributed by atoms with E-state index in [0.29, 0.717) is 28.4 Å². The molecule has 4 N–H and O–H groups in total. The third-order valence-corrected chi connectivity index (χ3v) is 3.64. The first-order chi connectivity index (χ1) is 8.93. The van der Waals surface area contributed by atoms with Gasteiger partial charge < -0.3 is 10.7 Å². The van der Waals surface area contributed by atoms with Gasteiger partial charge in [-0.3, -0.25) is 14.8 Å². The summed E-state index contributed by atoms with van der Waals surface area (Å²) in [6.45, 7) is 1.87. The highest BCUT2D eigenvalue weighted by Gasteiger charge is 2.14. The number of carbonyl (C=O) groups is 1. The number of amides is 1. The second-order valence-corrected chi connectivity index (χ2v) is 6.27. The summed E-state index contributed by atoms with van der Waals surface area (Å²) >= 11 is 5.87. The summed E-state index contributed by atoms with van der Waals surface area (Å²) in [5.41, 5.74) is 3.36. The van der Waals surface area contributed by atoms with E-state index in [1.165, 1.54) is 0 Å². The highest BCUT2D eigenvalue weighted by atomic mass is 35.5. The maximum atomic E-state index is 12.1. The van der Waals surface area contributed by atoms with Crippen molar-refractivity contribution in [2.45, 2.75) is 19.4 Å². The molecule has 7 heteroatoms. The molecule has 1 aromatic rings. The van der Waals surface area contributed by atoms with Crippen molar-refractivity contribution in [3.05, 3.63) is 28.8 Å². The summed E-state index contributed by atoms with van der Waals surface area (Å²) in [6.07, 6.45) is 2.29. The first-order valence-electron chi connectivity index (χ1n) is 5.81. The molecule has 0 heterocycles. The number of carbonyl (C=O) groups excluding carboxylic acids is 1. The number of hydrazine groups is 1. The molecule has 0 aliphatic heterocycles. The minimum Gasteiger partial charge on any atom is -0.349 e. The van der Waals surface area contributed by atoms with E-state index in [0.717, 1.165) is 0 Å². The molecule has 0 aliphatic rings. The number of rotatable bonds is 6. The van der Waals surface area contributed by atoms with Gasteiger partial charge in [0.05, 0.1) is 11.3 Å². The van der Waals surface area contributed by atoms with Crippen LogP contribution in [0.15, 0.2) is 18.2 Å². The van der Waals surface area contributed by atoms with Gasteiger partial charge in [-0.1, -0.05) is 11.6 Å². The van der Waals surface area contributed by atoms with Crippen molar-refractivity contribution < 1.29 is 9.00 Å². The van der Waals surface area contributed by atoms with Crippen molar-refractivity contribution in [2.24, 2.45) is 5.84 Å². The summed E-state index contributed by atoms with van der Waals surface area (Å²) in [7, 11) is -0.860. The van der Waals surface area contributed by atoms with Crippen LogP contribution in [0.3, 0.4) is 0 Å². The topological polar surface area (TPSA) is 84.2 Å². The monoisotopic (exact) mass is 303 g/mol. The van der Waals surface area contributed by atoms with Crippen LogP contribution in [0.4, 0.5) is 5.69 Å². The van der Waals surface area contributed by atoms with Crippen LogP contribution in [0.1, 0.15) is 23.7 Å². The summed E-state index contributed by atoms with van der Waals surface area (Å²) < 4.78 is 11.0. The molecule has 1 amide bonds. The molecule has 0 aliphatic carbocycles. The van der Waals surface area contributed by atoms with Gasteiger partial charge >= 0.3 is 0 Å². The quantitative estimate of drug-likeness (QED) is 0.549. The summed E-state index contributed by atoms with van der Waals surface area (Å²) in [6, 6.07) is 4.78. The Morgan fingerprint density at radius 1 is 1.53 bits per heavy atom. The zero-order valence-electron chi connectivity index (χ0n) is 10.9. The van der Waals surface area contributed by atoms with Crippen LogP contribution < -0.4 is 16.6 Å². The number of hydrogen-bond donors (Lipinski definition) is 3. The van der Waals surface area contributed by atoms with E-state index in [1.54, 1.807) is 24.5 Å². The molecule has 0 aromatic heterocycles. The van der Waals surface area contributed by atoms with E-state index in [9.17, 15) is 9.00 Å². The minimum absolute atomic E-state index is 0.0685. The molecule has 1 aromatic carbocycles. The zero-order valence-corrected chi connectivity index (χ0v) is 12.5. The van der Waals surface area contributed by atoms with Gasteiger partial charge in [-0.15, -0.1) is 0 Å². The first-order valence-corrected chi connectivity index (χ1v) is 7.91. The molecule has 0 spiro atoms. The van der Waals surface area contributed by atoms with E-state index in [2.05, 4.69) is 10.7 Å². The van der Waals surface area contributed by atoms with E-state index in [4.69, 9.17) is 17.4 Å². The highest BCUT2D eigenvalue weighted by molar-refractivity contribution is 7.84. The molecule has 1 rings (SSSR count). The van der Waals surface area contributed by atoms with Crippen molar-refractivity contribution in [1.82, 2.24) is 5.32 Å². The predicted molar refractivity (Wildman–Crippen MR) is 79.7 cm³/mol. The van der Waals surface area contributed by atoms with Crippen LogP contribution in [-0.4, -0.2) is 28.2 Å². The van der Waals surface area contributed by atoms with E-state index < -0.39 is 10.8 Å². The third kappa shape index (κ3) is 5.18. The molecule has 2 atom stereocenters. The van der Waals surface area contributed by atoms with Crippen molar-refractivity contribution in [2.75, 3.05) is 17.4 Å². The normalized spacial score (nSPS) is 13.7. The second kappa shape index (κ2) is 7.47. The number of hydrogen-bond acceptors (Lipinski definition) is 4. The number of nitrogens with one attached hydrogen (secondary N) is 2. The fraction of sp³-hybridized carbons (Fsp3) is 0.417. The average molecular weight is 304 g/mol. The average Bonchev–Trinajstić information content (AvgIpc) is 2.36. The molecule has 19 heavy (non-hydrogen) atoms. The number of benzene rings is 1. The molecule has 0 saturated carbocycles. The Morgan fingerprint density at radius 3 is 2.79 bits per heavy atom. The number of anilines is 1. The molecule has 0 fully saturated rings. The Morgan fingerprint density at radius 2 is 2.21 bits per heavy atom. The molecular formula is C12H18ClN3O2S. The molecule has 5 nitrogen and oxygen atoms in total. The maximum Gasteiger partial charge on any atom is 0.253 e. The van der Waals surface area contributed by atoms with Crippen LogP contribution in [0.25, 0.3) is 0 Å². The van der Waals surface area contributed by atoms with E-state index >= 15 is 0 Å². The Hall–Kier alpha value is -1.11. The highest BCUT2D eigenvalue weighted by Crippen LogP contribution is 2.20. The second-order valence-electron chi connectivity index (χ2n) is 4.27. The van der Waals surface area contributed by atoms with Gasteiger partial charge in [0.15, 0.2) is 0 Å². The van der Waals surface area contributed by atoms with Gasteiger partial charge in [-0.2, -0.15) is 0 Å². The smallest absolute Gasteiger partial charge is 0.253 e.